The first-order chi connectivity index (χ1) is 14.2. The van der Waals surface area contributed by atoms with Crippen molar-refractivity contribution in [2.45, 2.75) is 18.8 Å². The van der Waals surface area contributed by atoms with Gasteiger partial charge in [-0.2, -0.15) is 0 Å². The van der Waals surface area contributed by atoms with Crippen LogP contribution in [0.15, 0.2) is 54.7 Å². The second kappa shape index (κ2) is 7.52. The summed E-state index contributed by atoms with van der Waals surface area (Å²) in [4.78, 5) is 2.42. The van der Waals surface area contributed by atoms with Gasteiger partial charge in [0.25, 0.3) is 0 Å². The fraction of sp³-hybridized carbons (Fsp3) is 0.348. The Morgan fingerprint density at radius 1 is 1.07 bits per heavy atom. The van der Waals surface area contributed by atoms with Crippen LogP contribution >= 0.6 is 0 Å². The van der Waals surface area contributed by atoms with Gasteiger partial charge in [-0.15, -0.1) is 0 Å². The first-order valence-electron chi connectivity index (χ1n) is 10.3. The molecule has 0 radical (unpaired) electrons. The Bertz CT molecular complexity index is 1050. The predicted octanol–water partition coefficient (Wildman–Crippen LogP) is 3.44. The Morgan fingerprint density at radius 2 is 1.83 bits per heavy atom. The van der Waals surface area contributed by atoms with Gasteiger partial charge in [0.2, 0.25) is 0 Å². The minimum atomic E-state index is -0.214. The fourth-order valence-electron chi connectivity index (χ4n) is 4.63. The molecule has 29 heavy (non-hydrogen) atoms. The number of nitrogens with one attached hydrogen (secondary N) is 1. The van der Waals surface area contributed by atoms with E-state index in [0.29, 0.717) is 11.9 Å². The molecule has 2 aliphatic heterocycles. The molecule has 3 heterocycles. The number of aliphatic hydroxyl groups is 1. The number of para-hydroxylation sites is 1. The molecule has 0 aliphatic carbocycles. The van der Waals surface area contributed by atoms with Crippen molar-refractivity contribution in [1.29, 1.82) is 0 Å². The van der Waals surface area contributed by atoms with Crippen molar-refractivity contribution in [2.75, 3.05) is 32.8 Å². The van der Waals surface area contributed by atoms with Gasteiger partial charge < -0.3 is 9.67 Å². The quantitative estimate of drug-likeness (QED) is 0.668. The van der Waals surface area contributed by atoms with E-state index in [-0.39, 0.29) is 5.82 Å². The van der Waals surface area contributed by atoms with E-state index in [2.05, 4.69) is 45.2 Å². The molecule has 2 N–H and O–H groups in total. The summed E-state index contributed by atoms with van der Waals surface area (Å²) in [6.45, 7) is 4.49. The lowest BCUT2D eigenvalue weighted by atomic mass is 9.89. The van der Waals surface area contributed by atoms with E-state index in [1.54, 1.807) is 0 Å². The number of likely N-dealkylation sites (tertiary alicyclic amines) is 1. The molecule has 2 aliphatic rings. The summed E-state index contributed by atoms with van der Waals surface area (Å²) in [6.07, 6.45) is 4.43. The van der Waals surface area contributed by atoms with E-state index < -0.39 is 0 Å². The van der Waals surface area contributed by atoms with Crippen LogP contribution in [0.5, 0.6) is 0 Å². The third-order valence-electron chi connectivity index (χ3n) is 6.21. The summed E-state index contributed by atoms with van der Waals surface area (Å²) in [5.74, 6) is 0.293. The van der Waals surface area contributed by atoms with Crippen LogP contribution in [0.4, 0.5) is 4.39 Å². The van der Waals surface area contributed by atoms with Crippen LogP contribution in [0.25, 0.3) is 16.6 Å². The normalized spacial score (nSPS) is 18.5. The van der Waals surface area contributed by atoms with Gasteiger partial charge in [-0.1, -0.05) is 18.2 Å². The van der Waals surface area contributed by atoms with Gasteiger partial charge in [0.05, 0.1) is 5.52 Å². The topological polar surface area (TPSA) is 43.4 Å². The van der Waals surface area contributed by atoms with E-state index >= 15 is 0 Å². The molecule has 0 atom stereocenters. The van der Waals surface area contributed by atoms with E-state index in [9.17, 15) is 9.50 Å². The third kappa shape index (κ3) is 3.49. The van der Waals surface area contributed by atoms with Gasteiger partial charge in [-0.05, 0) is 54.7 Å². The van der Waals surface area contributed by atoms with Crippen LogP contribution in [0.3, 0.4) is 0 Å². The average molecular weight is 393 g/mol. The van der Waals surface area contributed by atoms with Crippen molar-refractivity contribution in [3.63, 3.8) is 0 Å². The van der Waals surface area contributed by atoms with Crippen LogP contribution in [-0.2, 0) is 0 Å². The first-order valence-corrected chi connectivity index (χ1v) is 10.3. The Balaban J connectivity index is 1.38. The number of piperidine rings is 1. The van der Waals surface area contributed by atoms with Gasteiger partial charge in [-0.25, -0.2) is 14.3 Å². The number of aliphatic hydroxyl groups excluding tert-OH is 1. The number of aromatic nitrogens is 1. The molecule has 0 amide bonds. The molecule has 1 saturated heterocycles. The molecule has 0 unspecified atom stereocenters. The number of rotatable bonds is 4. The second-order valence-corrected chi connectivity index (χ2v) is 8.00. The molecular weight excluding hydrogens is 367 g/mol. The molecule has 2 aromatic carbocycles. The molecule has 1 aromatic heterocycles. The molecule has 0 saturated carbocycles. The lowest BCUT2D eigenvalue weighted by Gasteiger charge is -2.31. The molecule has 0 spiro atoms. The zero-order valence-corrected chi connectivity index (χ0v) is 16.4. The highest BCUT2D eigenvalue weighted by atomic mass is 19.1. The summed E-state index contributed by atoms with van der Waals surface area (Å²) in [6, 6.07) is 15.5. The van der Waals surface area contributed by atoms with Crippen molar-refractivity contribution in [3.05, 3.63) is 66.1 Å². The molecule has 6 heteroatoms. The van der Waals surface area contributed by atoms with E-state index in [0.717, 1.165) is 51.4 Å². The highest BCUT2D eigenvalue weighted by molar-refractivity contribution is 5.86. The number of nitrogens with zero attached hydrogens (tertiary/aromatic N) is 3. The maximum Gasteiger partial charge on any atom is 0.442 e. The average Bonchev–Trinajstić information content (AvgIpc) is 3.33. The number of hydrogen-bond donors (Lipinski definition) is 2. The van der Waals surface area contributed by atoms with E-state index in [1.807, 2.05) is 16.7 Å². The Kier molecular flexibility index (Phi) is 4.72. The maximum atomic E-state index is 13.4. The Labute approximate surface area is 169 Å². The van der Waals surface area contributed by atoms with Gasteiger partial charge in [-0.3, -0.25) is 4.90 Å². The van der Waals surface area contributed by atoms with Crippen LogP contribution in [0, 0.1) is 5.82 Å². The number of fused-ring (bicyclic) bond motifs is 1. The highest BCUT2D eigenvalue weighted by Gasteiger charge is 2.27. The Morgan fingerprint density at radius 3 is 2.55 bits per heavy atom. The largest absolute Gasteiger partial charge is 0.447 e. The number of amidine groups is 1. The number of benzene rings is 2. The molecular formula is C23H26FN4O+. The van der Waals surface area contributed by atoms with Crippen LogP contribution in [0.2, 0.25) is 0 Å². The molecule has 0 bridgehead atoms. The van der Waals surface area contributed by atoms with Gasteiger partial charge in [0.1, 0.15) is 25.6 Å². The van der Waals surface area contributed by atoms with Crippen LogP contribution in [0.1, 0.15) is 24.3 Å². The van der Waals surface area contributed by atoms with Crippen molar-refractivity contribution in [1.82, 2.24) is 14.8 Å². The molecule has 3 aromatic rings. The highest BCUT2D eigenvalue weighted by Crippen LogP contribution is 2.35. The van der Waals surface area contributed by atoms with E-state index in [4.69, 9.17) is 0 Å². The first kappa shape index (κ1) is 18.2. The molecule has 150 valence electrons. The SMILES string of the molecule is OC1=[N+](CN2CCC(c3cn(-c4ccc(F)cc4)c4ccccc34)CC2)CCN1. The summed E-state index contributed by atoms with van der Waals surface area (Å²) in [5.41, 5.74) is 3.53. The smallest absolute Gasteiger partial charge is 0.442 e. The second-order valence-electron chi connectivity index (χ2n) is 8.00. The zero-order valence-electron chi connectivity index (χ0n) is 16.4. The summed E-state index contributed by atoms with van der Waals surface area (Å²) in [7, 11) is 0. The maximum absolute atomic E-state index is 13.4. The van der Waals surface area contributed by atoms with Crippen molar-refractivity contribution >= 4 is 16.9 Å². The fourth-order valence-corrected chi connectivity index (χ4v) is 4.63. The van der Waals surface area contributed by atoms with Crippen molar-refractivity contribution < 1.29 is 14.1 Å². The van der Waals surface area contributed by atoms with Crippen LogP contribution in [-0.4, -0.2) is 58.0 Å². The third-order valence-corrected chi connectivity index (χ3v) is 6.21. The summed E-state index contributed by atoms with van der Waals surface area (Å²) < 4.78 is 17.6. The van der Waals surface area contributed by atoms with E-state index in [1.165, 1.54) is 28.6 Å². The van der Waals surface area contributed by atoms with Crippen molar-refractivity contribution in [2.24, 2.45) is 0 Å². The molecule has 5 nitrogen and oxygen atoms in total. The lowest BCUT2D eigenvalue weighted by molar-refractivity contribution is -0.546. The van der Waals surface area contributed by atoms with Gasteiger partial charge in [0.15, 0.2) is 0 Å². The minimum Gasteiger partial charge on any atom is -0.447 e. The number of halogens is 1. The predicted molar refractivity (Wildman–Crippen MR) is 112 cm³/mol. The zero-order chi connectivity index (χ0) is 19.8. The van der Waals surface area contributed by atoms with Gasteiger partial charge in [0, 0.05) is 30.4 Å². The van der Waals surface area contributed by atoms with Crippen molar-refractivity contribution in [3.8, 4) is 5.69 Å². The van der Waals surface area contributed by atoms with Gasteiger partial charge >= 0.3 is 6.02 Å². The standard InChI is InChI=1S/C23H25FN4O/c24-18-5-7-19(8-6-18)28-15-21(20-3-1-2-4-22(20)28)17-9-12-26(13-10-17)16-27-14-11-25-23(27)29/h1-8,15,17H,9-14,16H2,(H,25,29)/p+1. The summed E-state index contributed by atoms with van der Waals surface area (Å²) >= 11 is 0. The lowest BCUT2D eigenvalue weighted by Crippen LogP contribution is -2.39. The molecule has 1 fully saturated rings. The summed E-state index contributed by atoms with van der Waals surface area (Å²) in [5, 5.41) is 14.1. The van der Waals surface area contributed by atoms with Crippen LogP contribution < -0.4 is 5.32 Å². The monoisotopic (exact) mass is 393 g/mol. The number of hydrogen-bond acceptors (Lipinski definition) is 2. The Hall–Kier alpha value is -2.86. The minimum absolute atomic E-state index is 0.214. The molecule has 5 rings (SSSR count).